The first-order valence-electron chi connectivity index (χ1n) is 11.6. The van der Waals surface area contributed by atoms with Crippen molar-refractivity contribution in [2.24, 2.45) is 23.3 Å². The monoisotopic (exact) mass is 491 g/mol. The van der Waals surface area contributed by atoms with E-state index in [2.05, 4.69) is 16.0 Å². The highest BCUT2D eigenvalue weighted by molar-refractivity contribution is 5.96. The Morgan fingerprint density at radius 1 is 0.886 bits per heavy atom. The lowest BCUT2D eigenvalue weighted by molar-refractivity contribution is -0.142. The van der Waals surface area contributed by atoms with Gasteiger partial charge in [-0.25, -0.2) is 4.79 Å². The number of nitrogens with two attached hydrogens (primary N) is 2. The van der Waals surface area contributed by atoms with E-state index < -0.39 is 60.2 Å². The van der Waals surface area contributed by atoms with Crippen LogP contribution in [0.3, 0.4) is 0 Å². The average molecular weight is 492 g/mol. The first-order chi connectivity index (χ1) is 16.4. The summed E-state index contributed by atoms with van der Waals surface area (Å²) in [7, 11) is 0. The summed E-state index contributed by atoms with van der Waals surface area (Å²) in [4.78, 5) is 61.8. The van der Waals surface area contributed by atoms with Crippen LogP contribution in [0.1, 0.15) is 46.1 Å². The number of nitrogens with one attached hydrogen (secondary N) is 3. The quantitative estimate of drug-likeness (QED) is 0.205. The number of amides is 4. The summed E-state index contributed by atoms with van der Waals surface area (Å²) in [5.74, 6) is -4.74. The van der Waals surface area contributed by atoms with Crippen LogP contribution in [0.15, 0.2) is 30.3 Å². The topological polar surface area (TPSA) is 194 Å². The van der Waals surface area contributed by atoms with Gasteiger partial charge in [-0.2, -0.15) is 0 Å². The van der Waals surface area contributed by atoms with Gasteiger partial charge in [-0.3, -0.25) is 19.2 Å². The van der Waals surface area contributed by atoms with Crippen molar-refractivity contribution in [3.05, 3.63) is 35.9 Å². The fourth-order valence-electron chi connectivity index (χ4n) is 3.25. The maximum atomic E-state index is 13.1. The zero-order chi connectivity index (χ0) is 26.7. The Balaban J connectivity index is 3.04. The van der Waals surface area contributed by atoms with Crippen molar-refractivity contribution >= 4 is 29.6 Å². The van der Waals surface area contributed by atoms with E-state index in [9.17, 15) is 29.1 Å². The third-order valence-corrected chi connectivity index (χ3v) is 5.75. The van der Waals surface area contributed by atoms with Crippen LogP contribution < -0.4 is 27.4 Å². The van der Waals surface area contributed by atoms with Gasteiger partial charge in [0.1, 0.15) is 18.1 Å². The van der Waals surface area contributed by atoms with Gasteiger partial charge in [0.05, 0.1) is 12.5 Å². The van der Waals surface area contributed by atoms with Crippen molar-refractivity contribution in [1.82, 2.24) is 16.0 Å². The Labute approximate surface area is 205 Å². The number of carboxylic acids is 1. The summed E-state index contributed by atoms with van der Waals surface area (Å²) in [6, 6.07) is 4.08. The molecule has 0 aliphatic rings. The number of carbonyl (C=O) groups is 5. The molecule has 0 fully saturated rings. The lowest BCUT2D eigenvalue weighted by Gasteiger charge is -2.28. The van der Waals surface area contributed by atoms with Gasteiger partial charge in [-0.1, -0.05) is 64.4 Å². The van der Waals surface area contributed by atoms with E-state index in [0.29, 0.717) is 12.0 Å². The Morgan fingerprint density at radius 2 is 1.46 bits per heavy atom. The molecule has 11 nitrogen and oxygen atoms in total. The predicted octanol–water partition coefficient (Wildman–Crippen LogP) is -0.327. The molecule has 1 rings (SSSR count). The highest BCUT2D eigenvalue weighted by Crippen LogP contribution is 2.11. The standard InChI is InChI=1S/C24H37N5O6/c1-5-14(4)20(29-22(32)19(26)13(2)3)23(33)27-16(12-18(25)30)21(31)28-17(24(34)35)11-15-9-7-6-8-10-15/h6-10,13-14,16-17,19-20H,5,11-12,26H2,1-4H3,(H2,25,30)(H,27,33)(H,28,31)(H,29,32)(H,34,35). The summed E-state index contributed by atoms with van der Waals surface area (Å²) in [5.41, 5.74) is 11.8. The van der Waals surface area contributed by atoms with Crippen LogP contribution in [0.25, 0.3) is 0 Å². The molecule has 1 aromatic carbocycles. The highest BCUT2D eigenvalue weighted by Gasteiger charge is 2.33. The molecule has 0 saturated carbocycles. The Morgan fingerprint density at radius 3 is 1.94 bits per heavy atom. The van der Waals surface area contributed by atoms with Crippen LogP contribution in [0.2, 0.25) is 0 Å². The number of rotatable bonds is 14. The predicted molar refractivity (Wildman–Crippen MR) is 130 cm³/mol. The van der Waals surface area contributed by atoms with E-state index in [0.717, 1.165) is 0 Å². The minimum Gasteiger partial charge on any atom is -0.480 e. The first kappa shape index (κ1) is 29.6. The lowest BCUT2D eigenvalue weighted by Crippen LogP contribution is -2.59. The fourth-order valence-corrected chi connectivity index (χ4v) is 3.25. The smallest absolute Gasteiger partial charge is 0.326 e. The van der Waals surface area contributed by atoms with Crippen LogP contribution in [-0.4, -0.2) is 58.9 Å². The summed E-state index contributed by atoms with van der Waals surface area (Å²) < 4.78 is 0. The molecule has 0 aliphatic heterocycles. The van der Waals surface area contributed by atoms with Gasteiger partial charge >= 0.3 is 5.97 Å². The lowest BCUT2D eigenvalue weighted by atomic mass is 9.96. The molecule has 4 amide bonds. The molecule has 8 N–H and O–H groups in total. The SMILES string of the molecule is CCC(C)C(NC(=O)C(N)C(C)C)C(=O)NC(CC(N)=O)C(=O)NC(Cc1ccccc1)C(=O)O. The van der Waals surface area contributed by atoms with Gasteiger partial charge in [-0.15, -0.1) is 0 Å². The van der Waals surface area contributed by atoms with Crippen LogP contribution in [0.4, 0.5) is 0 Å². The minimum atomic E-state index is -1.43. The minimum absolute atomic E-state index is 0.00219. The van der Waals surface area contributed by atoms with E-state index in [1.54, 1.807) is 51.1 Å². The average Bonchev–Trinajstić information content (AvgIpc) is 2.80. The second-order valence-corrected chi connectivity index (χ2v) is 8.96. The number of hydrogen-bond donors (Lipinski definition) is 6. The van der Waals surface area contributed by atoms with E-state index in [4.69, 9.17) is 11.5 Å². The largest absolute Gasteiger partial charge is 0.480 e. The van der Waals surface area contributed by atoms with E-state index in [1.165, 1.54) is 0 Å². The third-order valence-electron chi connectivity index (χ3n) is 5.75. The first-order valence-corrected chi connectivity index (χ1v) is 11.6. The van der Waals surface area contributed by atoms with Crippen LogP contribution in [0.5, 0.6) is 0 Å². The van der Waals surface area contributed by atoms with Crippen LogP contribution >= 0.6 is 0 Å². The zero-order valence-corrected chi connectivity index (χ0v) is 20.6. The second-order valence-electron chi connectivity index (χ2n) is 8.96. The van der Waals surface area contributed by atoms with Crippen LogP contribution in [0, 0.1) is 11.8 Å². The van der Waals surface area contributed by atoms with Gasteiger partial charge in [0.25, 0.3) is 0 Å². The summed E-state index contributed by atoms with van der Waals surface area (Å²) in [6.07, 6.45) is -0.0279. The number of carboxylic acid groups (broad SMARTS) is 1. The maximum absolute atomic E-state index is 13.1. The fraction of sp³-hybridized carbons (Fsp3) is 0.542. The van der Waals surface area contributed by atoms with E-state index >= 15 is 0 Å². The second kappa shape index (κ2) is 14.1. The third kappa shape index (κ3) is 9.73. The molecule has 0 aromatic heterocycles. The van der Waals surface area contributed by atoms with Crippen molar-refractivity contribution in [3.8, 4) is 0 Å². The molecule has 0 spiro atoms. The van der Waals surface area contributed by atoms with Crippen molar-refractivity contribution in [3.63, 3.8) is 0 Å². The Bertz CT molecular complexity index is 892. The molecule has 194 valence electrons. The number of primary amides is 1. The van der Waals surface area contributed by atoms with E-state index in [1.807, 2.05) is 6.92 Å². The highest BCUT2D eigenvalue weighted by atomic mass is 16.4. The summed E-state index contributed by atoms with van der Waals surface area (Å²) in [6.45, 7) is 7.11. The summed E-state index contributed by atoms with van der Waals surface area (Å²) >= 11 is 0. The van der Waals surface area contributed by atoms with Gasteiger partial charge in [0.15, 0.2) is 0 Å². The number of hydrogen-bond acceptors (Lipinski definition) is 6. The Hall–Kier alpha value is -3.47. The van der Waals surface area contributed by atoms with Crippen molar-refractivity contribution in [2.75, 3.05) is 0 Å². The molecule has 1 aromatic rings. The molecule has 5 unspecified atom stereocenters. The molecule has 5 atom stereocenters. The van der Waals surface area contributed by atoms with Crippen molar-refractivity contribution in [2.45, 2.75) is 71.1 Å². The normalized spacial score (nSPS) is 15.3. The van der Waals surface area contributed by atoms with Gasteiger partial charge in [0.2, 0.25) is 23.6 Å². The maximum Gasteiger partial charge on any atom is 0.326 e. The molecule has 35 heavy (non-hydrogen) atoms. The Kier molecular flexibility index (Phi) is 11.9. The molecule has 0 saturated heterocycles. The molecule has 0 radical (unpaired) electrons. The van der Waals surface area contributed by atoms with Crippen molar-refractivity contribution < 1.29 is 29.1 Å². The molecule has 0 heterocycles. The van der Waals surface area contributed by atoms with Gasteiger partial charge < -0.3 is 32.5 Å². The molecular formula is C24H37N5O6. The van der Waals surface area contributed by atoms with E-state index in [-0.39, 0.29) is 18.3 Å². The van der Waals surface area contributed by atoms with Crippen molar-refractivity contribution in [1.29, 1.82) is 0 Å². The van der Waals surface area contributed by atoms with Gasteiger partial charge in [0, 0.05) is 6.42 Å². The number of aliphatic carboxylic acids is 1. The van der Waals surface area contributed by atoms with Gasteiger partial charge in [-0.05, 0) is 17.4 Å². The van der Waals surface area contributed by atoms with Crippen LogP contribution in [-0.2, 0) is 30.4 Å². The zero-order valence-electron chi connectivity index (χ0n) is 20.6. The molecule has 0 bridgehead atoms. The molecular weight excluding hydrogens is 454 g/mol. The molecule has 0 aliphatic carbocycles. The summed E-state index contributed by atoms with van der Waals surface area (Å²) in [5, 5.41) is 17.0. The number of benzene rings is 1. The molecule has 11 heteroatoms. The number of carbonyl (C=O) groups excluding carboxylic acids is 4.